The topological polar surface area (TPSA) is 93.2 Å². The van der Waals surface area contributed by atoms with Crippen LogP contribution in [0.4, 0.5) is 14.6 Å². The highest BCUT2D eigenvalue weighted by Gasteiger charge is 2.12. The summed E-state index contributed by atoms with van der Waals surface area (Å²) in [5.74, 6) is -0.644. The van der Waals surface area contributed by atoms with Crippen molar-refractivity contribution in [1.29, 1.82) is 0 Å². The average molecular weight is 413 g/mol. The van der Waals surface area contributed by atoms with Crippen LogP contribution in [0.25, 0.3) is 0 Å². The number of hydrogen-bond donors (Lipinski definition) is 2. The van der Waals surface area contributed by atoms with Crippen LogP contribution in [0.2, 0.25) is 5.02 Å². The van der Waals surface area contributed by atoms with Gasteiger partial charge in [-0.15, -0.1) is 0 Å². The van der Waals surface area contributed by atoms with Gasteiger partial charge in [-0.2, -0.15) is 0 Å². The summed E-state index contributed by atoms with van der Waals surface area (Å²) in [5, 5.41) is 5.36. The second-order valence-corrected chi connectivity index (χ2v) is 6.50. The van der Waals surface area contributed by atoms with Crippen molar-refractivity contribution in [1.82, 2.24) is 15.3 Å². The maximum Gasteiger partial charge on any atom is 0.272 e. The van der Waals surface area contributed by atoms with E-state index >= 15 is 0 Å². The summed E-state index contributed by atoms with van der Waals surface area (Å²) in [6, 6.07) is 4.44. The van der Waals surface area contributed by atoms with Gasteiger partial charge in [-0.3, -0.25) is 9.59 Å². The lowest BCUT2D eigenvalue weighted by Gasteiger charge is -2.10. The molecule has 2 N–H and O–H groups in total. The molecule has 0 fully saturated rings. The molecule has 0 atom stereocenters. The average Bonchev–Trinajstić information content (AvgIpc) is 2.65. The largest absolute Gasteiger partial charge is 0.471 e. The van der Waals surface area contributed by atoms with Crippen molar-refractivity contribution in [2.24, 2.45) is 5.92 Å². The fraction of sp³-hybridized carbons (Fsp3) is 0.333. The number of anilines is 1. The van der Waals surface area contributed by atoms with Crippen molar-refractivity contribution >= 4 is 29.2 Å². The number of ether oxygens (including phenoxy) is 1. The quantitative estimate of drug-likeness (QED) is 0.694. The van der Waals surface area contributed by atoms with Crippen LogP contribution in [0.15, 0.2) is 30.6 Å². The minimum Gasteiger partial charge on any atom is -0.471 e. The molecule has 0 aliphatic rings. The minimum atomic E-state index is -2.63. The number of aromatic nitrogens is 2. The summed E-state index contributed by atoms with van der Waals surface area (Å²) in [4.78, 5) is 31.9. The number of carbonyl (C=O) groups is 2. The molecule has 0 bridgehead atoms. The van der Waals surface area contributed by atoms with E-state index in [9.17, 15) is 18.4 Å². The Morgan fingerprint density at radius 1 is 1.25 bits per heavy atom. The standard InChI is InChI=1S/C18H19ClF2N4O3/c1-10(2)16(26)25-15-6-12(3-4-22-15)17(27)23-7-11-5-13(19)18(24-8-11)28-9-14(20)21/h3-6,8,10,14H,7,9H2,1-2H3,(H,23,27)(H,22,25,26). The molecule has 0 aromatic carbocycles. The van der Waals surface area contributed by atoms with Gasteiger partial charge in [-0.25, -0.2) is 18.7 Å². The first-order valence-corrected chi connectivity index (χ1v) is 8.74. The molecule has 0 radical (unpaired) electrons. The van der Waals surface area contributed by atoms with Crippen molar-refractivity contribution in [2.75, 3.05) is 11.9 Å². The van der Waals surface area contributed by atoms with Crippen molar-refractivity contribution in [2.45, 2.75) is 26.8 Å². The summed E-state index contributed by atoms with van der Waals surface area (Å²) in [7, 11) is 0. The van der Waals surface area contributed by atoms with Gasteiger partial charge in [0.25, 0.3) is 12.3 Å². The third kappa shape index (κ3) is 6.41. The van der Waals surface area contributed by atoms with Crippen LogP contribution in [0, 0.1) is 5.92 Å². The second-order valence-electron chi connectivity index (χ2n) is 6.09. The van der Waals surface area contributed by atoms with E-state index in [1.54, 1.807) is 13.8 Å². The molecule has 2 rings (SSSR count). The molecule has 0 saturated carbocycles. The number of hydrogen-bond acceptors (Lipinski definition) is 5. The predicted octanol–water partition coefficient (Wildman–Crippen LogP) is 3.30. The van der Waals surface area contributed by atoms with Crippen molar-refractivity contribution < 1.29 is 23.1 Å². The molecule has 150 valence electrons. The number of carbonyl (C=O) groups excluding carboxylic acids is 2. The molecule has 10 heteroatoms. The molecule has 0 saturated heterocycles. The van der Waals surface area contributed by atoms with Gasteiger partial charge in [0, 0.05) is 30.4 Å². The summed E-state index contributed by atoms with van der Waals surface area (Å²) in [6.45, 7) is 2.79. The molecule has 7 nitrogen and oxygen atoms in total. The van der Waals surface area contributed by atoms with E-state index in [4.69, 9.17) is 16.3 Å². The normalized spacial score (nSPS) is 10.8. The zero-order valence-corrected chi connectivity index (χ0v) is 16.0. The van der Waals surface area contributed by atoms with Crippen LogP contribution < -0.4 is 15.4 Å². The Morgan fingerprint density at radius 3 is 2.64 bits per heavy atom. The van der Waals surface area contributed by atoms with Crippen LogP contribution in [-0.4, -0.2) is 34.8 Å². The van der Waals surface area contributed by atoms with Crippen molar-refractivity contribution in [3.63, 3.8) is 0 Å². The SMILES string of the molecule is CC(C)C(=O)Nc1cc(C(=O)NCc2cnc(OCC(F)F)c(Cl)c2)ccn1. The highest BCUT2D eigenvalue weighted by Crippen LogP contribution is 2.22. The number of amides is 2. The summed E-state index contributed by atoms with van der Waals surface area (Å²) in [5.41, 5.74) is 0.870. The zero-order chi connectivity index (χ0) is 20.7. The van der Waals surface area contributed by atoms with Gasteiger partial charge < -0.3 is 15.4 Å². The van der Waals surface area contributed by atoms with Crippen LogP contribution in [0.3, 0.4) is 0 Å². The minimum absolute atomic E-state index is 0.0648. The molecule has 28 heavy (non-hydrogen) atoms. The number of halogens is 3. The lowest BCUT2D eigenvalue weighted by molar-refractivity contribution is -0.118. The monoisotopic (exact) mass is 412 g/mol. The smallest absolute Gasteiger partial charge is 0.272 e. The summed E-state index contributed by atoms with van der Waals surface area (Å²) < 4.78 is 29.1. The lowest BCUT2D eigenvalue weighted by Crippen LogP contribution is -2.24. The van der Waals surface area contributed by atoms with E-state index in [1.165, 1.54) is 30.6 Å². The van der Waals surface area contributed by atoms with E-state index < -0.39 is 18.9 Å². The molecular weight excluding hydrogens is 394 g/mol. The van der Waals surface area contributed by atoms with Gasteiger partial charge in [0.2, 0.25) is 11.8 Å². The Hall–Kier alpha value is -2.81. The van der Waals surface area contributed by atoms with E-state index in [0.717, 1.165) is 0 Å². The second kappa shape index (κ2) is 9.93. The molecule has 2 amide bonds. The Morgan fingerprint density at radius 2 is 2.00 bits per heavy atom. The highest BCUT2D eigenvalue weighted by atomic mass is 35.5. The van der Waals surface area contributed by atoms with Gasteiger partial charge in [0.05, 0.1) is 0 Å². The first-order valence-electron chi connectivity index (χ1n) is 8.36. The molecule has 0 unspecified atom stereocenters. The Bertz CT molecular complexity index is 849. The van der Waals surface area contributed by atoms with Gasteiger partial charge >= 0.3 is 0 Å². The van der Waals surface area contributed by atoms with Crippen LogP contribution >= 0.6 is 11.6 Å². The van der Waals surface area contributed by atoms with Crippen molar-refractivity contribution in [3.8, 4) is 5.88 Å². The molecule has 0 aliphatic heterocycles. The summed E-state index contributed by atoms with van der Waals surface area (Å²) in [6.07, 6.45) is 0.152. The van der Waals surface area contributed by atoms with Crippen molar-refractivity contribution in [3.05, 3.63) is 46.7 Å². The first-order chi connectivity index (χ1) is 13.3. The maximum absolute atomic E-state index is 12.3. The highest BCUT2D eigenvalue weighted by molar-refractivity contribution is 6.31. The van der Waals surface area contributed by atoms with E-state index in [2.05, 4.69) is 20.6 Å². The number of nitrogens with zero attached hydrogens (tertiary/aromatic N) is 2. The fourth-order valence-electron chi connectivity index (χ4n) is 2.00. The molecule has 0 aliphatic carbocycles. The Kier molecular flexibility index (Phi) is 7.62. The van der Waals surface area contributed by atoms with Gasteiger partial charge in [-0.05, 0) is 23.8 Å². The van der Waals surface area contributed by atoms with Crippen LogP contribution in [0.1, 0.15) is 29.8 Å². The Balaban J connectivity index is 1.96. The molecule has 2 aromatic rings. The van der Waals surface area contributed by atoms with E-state index in [1.807, 2.05) is 0 Å². The summed E-state index contributed by atoms with van der Waals surface area (Å²) >= 11 is 5.95. The van der Waals surface area contributed by atoms with E-state index in [-0.39, 0.29) is 35.1 Å². The zero-order valence-electron chi connectivity index (χ0n) is 15.2. The van der Waals surface area contributed by atoms with Crippen LogP contribution in [0.5, 0.6) is 5.88 Å². The third-order valence-electron chi connectivity index (χ3n) is 3.46. The lowest BCUT2D eigenvalue weighted by atomic mass is 10.2. The maximum atomic E-state index is 12.3. The number of nitrogens with one attached hydrogen (secondary N) is 2. The number of rotatable bonds is 8. The molecule has 2 heterocycles. The van der Waals surface area contributed by atoms with Gasteiger partial charge in [0.15, 0.2) is 6.61 Å². The molecule has 0 spiro atoms. The number of pyridine rings is 2. The van der Waals surface area contributed by atoms with Gasteiger partial charge in [-0.1, -0.05) is 25.4 Å². The molecular formula is C18H19ClF2N4O3. The fourth-order valence-corrected chi connectivity index (χ4v) is 2.25. The van der Waals surface area contributed by atoms with Gasteiger partial charge in [0.1, 0.15) is 10.8 Å². The first kappa shape index (κ1) is 21.5. The van der Waals surface area contributed by atoms with E-state index in [0.29, 0.717) is 11.1 Å². The van der Waals surface area contributed by atoms with Crippen LogP contribution in [-0.2, 0) is 11.3 Å². The molecule has 2 aromatic heterocycles. The Labute approximate surface area is 165 Å². The third-order valence-corrected chi connectivity index (χ3v) is 3.73. The predicted molar refractivity (Wildman–Crippen MR) is 99.6 cm³/mol. The number of alkyl halides is 2.